The molecule has 2 N–H and O–H groups in total. The molecule has 0 saturated carbocycles. The molecule has 1 saturated heterocycles. The van der Waals surface area contributed by atoms with Crippen LogP contribution in [-0.2, 0) is 0 Å². The van der Waals surface area contributed by atoms with E-state index in [-0.39, 0.29) is 24.0 Å². The minimum Gasteiger partial charge on any atom is -0.356 e. The number of piperidine rings is 1. The zero-order valence-corrected chi connectivity index (χ0v) is 15.8. The highest BCUT2D eigenvalue weighted by Crippen LogP contribution is 2.15. The monoisotopic (exact) mass is 396 g/mol. The summed E-state index contributed by atoms with van der Waals surface area (Å²) in [6.45, 7) is 8.96. The zero-order valence-electron chi connectivity index (χ0n) is 13.5. The quantitative estimate of drug-likeness (QED) is 0.301. The first-order chi connectivity index (χ1) is 9.27. The molecule has 0 aromatic carbocycles. The molecule has 0 bridgehead atoms. The van der Waals surface area contributed by atoms with E-state index >= 15 is 0 Å². The van der Waals surface area contributed by atoms with Crippen LogP contribution in [0.1, 0.15) is 52.4 Å². The number of rotatable bonds is 7. The predicted octanol–water partition coefficient (Wildman–Crippen LogP) is 2.83. The lowest BCUT2D eigenvalue weighted by atomic mass is 10.0. The Hall–Kier alpha value is -0.0400. The lowest BCUT2D eigenvalue weighted by Gasteiger charge is -2.33. The van der Waals surface area contributed by atoms with E-state index in [2.05, 4.69) is 34.4 Å². The Morgan fingerprint density at radius 3 is 2.60 bits per heavy atom. The van der Waals surface area contributed by atoms with Crippen LogP contribution in [0.5, 0.6) is 0 Å². The van der Waals surface area contributed by atoms with Crippen molar-refractivity contribution in [1.82, 2.24) is 15.5 Å². The van der Waals surface area contributed by atoms with Crippen molar-refractivity contribution in [3.63, 3.8) is 0 Å². The van der Waals surface area contributed by atoms with Crippen LogP contribution >= 0.6 is 24.0 Å². The molecule has 0 aliphatic carbocycles. The third kappa shape index (κ3) is 8.29. The van der Waals surface area contributed by atoms with Gasteiger partial charge in [-0.15, -0.1) is 24.0 Å². The summed E-state index contributed by atoms with van der Waals surface area (Å²) in [6.07, 6.45) is 7.88. The van der Waals surface area contributed by atoms with E-state index in [9.17, 15) is 0 Å². The van der Waals surface area contributed by atoms with Gasteiger partial charge in [-0.3, -0.25) is 9.89 Å². The van der Waals surface area contributed by atoms with Gasteiger partial charge in [0.2, 0.25) is 0 Å². The molecule has 1 aliphatic rings. The van der Waals surface area contributed by atoms with E-state index < -0.39 is 0 Å². The molecule has 0 aromatic heterocycles. The Labute approximate surface area is 142 Å². The second kappa shape index (κ2) is 12.7. The maximum atomic E-state index is 4.26. The van der Waals surface area contributed by atoms with Gasteiger partial charge in [0.25, 0.3) is 0 Å². The van der Waals surface area contributed by atoms with Gasteiger partial charge in [-0.05, 0) is 32.7 Å². The molecular weight excluding hydrogens is 363 g/mol. The highest BCUT2D eigenvalue weighted by Gasteiger charge is 2.17. The van der Waals surface area contributed by atoms with Gasteiger partial charge in [-0.2, -0.15) is 0 Å². The minimum atomic E-state index is 0. The Morgan fingerprint density at radius 1 is 1.20 bits per heavy atom. The maximum Gasteiger partial charge on any atom is 0.191 e. The minimum absolute atomic E-state index is 0. The molecule has 5 heteroatoms. The van der Waals surface area contributed by atoms with Crippen LogP contribution < -0.4 is 10.6 Å². The fourth-order valence-corrected chi connectivity index (χ4v) is 2.61. The molecule has 0 amide bonds. The highest BCUT2D eigenvalue weighted by molar-refractivity contribution is 14.0. The van der Waals surface area contributed by atoms with Crippen LogP contribution in [0.3, 0.4) is 0 Å². The fourth-order valence-electron chi connectivity index (χ4n) is 2.61. The second-order valence-electron chi connectivity index (χ2n) is 5.51. The van der Waals surface area contributed by atoms with E-state index in [0.29, 0.717) is 0 Å². The van der Waals surface area contributed by atoms with E-state index in [1.165, 1.54) is 45.1 Å². The summed E-state index contributed by atoms with van der Waals surface area (Å²) >= 11 is 0. The van der Waals surface area contributed by atoms with Crippen molar-refractivity contribution in [3.05, 3.63) is 0 Å². The van der Waals surface area contributed by atoms with Gasteiger partial charge in [0, 0.05) is 32.7 Å². The highest BCUT2D eigenvalue weighted by atomic mass is 127. The number of halogens is 1. The summed E-state index contributed by atoms with van der Waals surface area (Å²) in [5.74, 6) is 0.945. The first-order valence-electron chi connectivity index (χ1n) is 7.96. The average molecular weight is 396 g/mol. The van der Waals surface area contributed by atoms with Gasteiger partial charge < -0.3 is 10.6 Å². The standard InChI is InChI=1S/C15H32N4.HI/c1-4-5-7-10-17-15(16-3)18-11-13-19-12-8-6-9-14(19)2;/h14H,4-13H2,1-3H3,(H2,16,17,18);1H. The van der Waals surface area contributed by atoms with Crippen molar-refractivity contribution in [2.24, 2.45) is 4.99 Å². The second-order valence-corrected chi connectivity index (χ2v) is 5.51. The van der Waals surface area contributed by atoms with Crippen molar-refractivity contribution < 1.29 is 0 Å². The average Bonchev–Trinajstić information content (AvgIpc) is 2.43. The molecule has 4 nitrogen and oxygen atoms in total. The zero-order chi connectivity index (χ0) is 13.9. The van der Waals surface area contributed by atoms with Crippen LogP contribution in [0.4, 0.5) is 0 Å². The largest absolute Gasteiger partial charge is 0.356 e. The molecule has 1 fully saturated rings. The number of likely N-dealkylation sites (tertiary alicyclic amines) is 1. The van der Waals surface area contributed by atoms with Crippen molar-refractivity contribution in [3.8, 4) is 0 Å². The lowest BCUT2D eigenvalue weighted by Crippen LogP contribution is -2.45. The van der Waals surface area contributed by atoms with Crippen LogP contribution in [0.2, 0.25) is 0 Å². The molecule has 1 aliphatic heterocycles. The Balaban J connectivity index is 0.00000361. The summed E-state index contributed by atoms with van der Waals surface area (Å²) in [7, 11) is 1.85. The van der Waals surface area contributed by atoms with E-state index in [1.54, 1.807) is 0 Å². The molecule has 1 unspecified atom stereocenters. The molecular formula is C15H33IN4. The number of guanidine groups is 1. The third-order valence-electron chi connectivity index (χ3n) is 3.93. The van der Waals surface area contributed by atoms with Gasteiger partial charge >= 0.3 is 0 Å². The van der Waals surface area contributed by atoms with Gasteiger partial charge in [0.05, 0.1) is 0 Å². The van der Waals surface area contributed by atoms with Crippen molar-refractivity contribution in [2.75, 3.05) is 33.2 Å². The maximum absolute atomic E-state index is 4.26. The Morgan fingerprint density at radius 2 is 1.95 bits per heavy atom. The van der Waals surface area contributed by atoms with Gasteiger partial charge in [-0.1, -0.05) is 26.2 Å². The summed E-state index contributed by atoms with van der Waals surface area (Å²) < 4.78 is 0. The van der Waals surface area contributed by atoms with E-state index in [1.807, 2.05) is 7.05 Å². The molecule has 120 valence electrons. The summed E-state index contributed by atoms with van der Waals surface area (Å²) in [5, 5.41) is 6.78. The molecule has 20 heavy (non-hydrogen) atoms. The van der Waals surface area contributed by atoms with Crippen molar-refractivity contribution in [2.45, 2.75) is 58.4 Å². The fraction of sp³-hybridized carbons (Fsp3) is 0.933. The van der Waals surface area contributed by atoms with E-state index in [4.69, 9.17) is 0 Å². The molecule has 1 atom stereocenters. The van der Waals surface area contributed by atoms with Crippen LogP contribution in [-0.4, -0.2) is 50.1 Å². The summed E-state index contributed by atoms with van der Waals surface area (Å²) in [4.78, 5) is 6.85. The molecule has 0 radical (unpaired) electrons. The number of aliphatic imine (C=N–C) groups is 1. The number of hydrogen-bond acceptors (Lipinski definition) is 2. The summed E-state index contributed by atoms with van der Waals surface area (Å²) in [5.41, 5.74) is 0. The van der Waals surface area contributed by atoms with E-state index in [0.717, 1.165) is 31.6 Å². The first-order valence-corrected chi connectivity index (χ1v) is 7.96. The Kier molecular flexibility index (Phi) is 12.7. The normalized spacial score (nSPS) is 20.4. The number of unbranched alkanes of at least 4 members (excludes halogenated alkanes) is 2. The van der Waals surface area contributed by atoms with Crippen LogP contribution in [0.25, 0.3) is 0 Å². The van der Waals surface area contributed by atoms with Crippen LogP contribution in [0, 0.1) is 0 Å². The Bertz CT molecular complexity index is 258. The van der Waals surface area contributed by atoms with Gasteiger partial charge in [-0.25, -0.2) is 0 Å². The third-order valence-corrected chi connectivity index (χ3v) is 3.93. The molecule has 0 aromatic rings. The number of nitrogens with one attached hydrogen (secondary N) is 2. The van der Waals surface area contributed by atoms with Crippen molar-refractivity contribution in [1.29, 1.82) is 0 Å². The lowest BCUT2D eigenvalue weighted by molar-refractivity contribution is 0.163. The topological polar surface area (TPSA) is 39.7 Å². The molecule has 1 heterocycles. The molecule has 1 rings (SSSR count). The molecule has 0 spiro atoms. The van der Waals surface area contributed by atoms with Crippen LogP contribution in [0.15, 0.2) is 4.99 Å². The predicted molar refractivity (Wildman–Crippen MR) is 99.2 cm³/mol. The van der Waals surface area contributed by atoms with Gasteiger partial charge in [0.1, 0.15) is 0 Å². The van der Waals surface area contributed by atoms with Gasteiger partial charge in [0.15, 0.2) is 5.96 Å². The number of hydrogen-bond donors (Lipinski definition) is 2. The summed E-state index contributed by atoms with van der Waals surface area (Å²) in [6, 6.07) is 0.745. The van der Waals surface area contributed by atoms with Crippen molar-refractivity contribution >= 4 is 29.9 Å². The SMILES string of the molecule is CCCCCNC(=NC)NCCN1CCCCC1C.I. The first kappa shape index (κ1) is 20.0. The smallest absolute Gasteiger partial charge is 0.191 e. The number of nitrogens with zero attached hydrogens (tertiary/aromatic N) is 2.